The molecule has 0 aliphatic carbocycles. The maximum absolute atomic E-state index is 11.6. The van der Waals surface area contributed by atoms with Crippen molar-refractivity contribution in [1.29, 1.82) is 0 Å². The van der Waals surface area contributed by atoms with Crippen molar-refractivity contribution < 1.29 is 9.53 Å². The molecule has 19 heavy (non-hydrogen) atoms. The largest absolute Gasteiger partial charge is 0.461 e. The van der Waals surface area contributed by atoms with Gasteiger partial charge in [-0.1, -0.05) is 0 Å². The minimum atomic E-state index is -0.349. The minimum Gasteiger partial charge on any atom is -0.461 e. The minimum absolute atomic E-state index is 0.349. The lowest BCUT2D eigenvalue weighted by molar-refractivity contribution is 0.0520. The van der Waals surface area contributed by atoms with Gasteiger partial charge in [-0.05, 0) is 25.1 Å². The van der Waals surface area contributed by atoms with Gasteiger partial charge in [0.25, 0.3) is 0 Å². The molecule has 0 bridgehead atoms. The van der Waals surface area contributed by atoms with Crippen molar-refractivity contribution in [2.45, 2.75) is 6.92 Å². The average Bonchev–Trinajstić information content (AvgIpc) is 2.98. The first kappa shape index (κ1) is 11.9. The molecular formula is C13H11N3O2S. The van der Waals surface area contributed by atoms with Crippen molar-refractivity contribution in [3.63, 3.8) is 0 Å². The SMILES string of the molecule is CCOC(=O)c1cc2sc(-c3ccncc3)nc2[nH]1. The van der Waals surface area contributed by atoms with Crippen LogP contribution in [0.1, 0.15) is 17.4 Å². The fourth-order valence-corrected chi connectivity index (χ4v) is 2.72. The Hall–Kier alpha value is -2.21. The Morgan fingerprint density at radius 1 is 1.42 bits per heavy atom. The number of esters is 1. The molecule has 3 rings (SSSR count). The molecule has 6 heteroatoms. The monoisotopic (exact) mass is 273 g/mol. The van der Waals surface area contributed by atoms with Crippen molar-refractivity contribution in [2.24, 2.45) is 0 Å². The number of nitrogens with one attached hydrogen (secondary N) is 1. The quantitative estimate of drug-likeness (QED) is 0.745. The average molecular weight is 273 g/mol. The lowest BCUT2D eigenvalue weighted by Crippen LogP contribution is -2.04. The molecule has 3 aromatic heterocycles. The highest BCUT2D eigenvalue weighted by atomic mass is 32.1. The Kier molecular flexibility index (Phi) is 3.00. The summed E-state index contributed by atoms with van der Waals surface area (Å²) < 4.78 is 5.88. The molecule has 3 heterocycles. The zero-order valence-electron chi connectivity index (χ0n) is 10.2. The molecule has 3 aromatic rings. The van der Waals surface area contributed by atoms with Gasteiger partial charge in [-0.15, -0.1) is 11.3 Å². The standard InChI is InChI=1S/C13H11N3O2S/c1-2-18-13(17)9-7-10-11(15-9)16-12(19-10)8-3-5-14-6-4-8/h3-7,15H,2H2,1H3. The molecule has 1 N–H and O–H groups in total. The first-order valence-electron chi connectivity index (χ1n) is 5.85. The van der Waals surface area contributed by atoms with Gasteiger partial charge in [0.15, 0.2) is 0 Å². The lowest BCUT2D eigenvalue weighted by Gasteiger charge is -1.97. The van der Waals surface area contributed by atoms with E-state index in [9.17, 15) is 4.79 Å². The van der Waals surface area contributed by atoms with Crippen LogP contribution in [-0.4, -0.2) is 27.5 Å². The zero-order chi connectivity index (χ0) is 13.2. The molecule has 0 spiro atoms. The van der Waals surface area contributed by atoms with E-state index >= 15 is 0 Å². The molecule has 0 unspecified atom stereocenters. The third kappa shape index (κ3) is 2.22. The highest BCUT2D eigenvalue weighted by Crippen LogP contribution is 2.30. The second-order valence-electron chi connectivity index (χ2n) is 3.87. The molecular weight excluding hydrogens is 262 g/mol. The molecule has 96 valence electrons. The topological polar surface area (TPSA) is 67.9 Å². The first-order valence-corrected chi connectivity index (χ1v) is 6.66. The predicted molar refractivity (Wildman–Crippen MR) is 73.2 cm³/mol. The number of hydrogen-bond donors (Lipinski definition) is 1. The highest BCUT2D eigenvalue weighted by molar-refractivity contribution is 7.21. The van der Waals surface area contributed by atoms with Gasteiger partial charge in [-0.2, -0.15) is 0 Å². The summed E-state index contributed by atoms with van der Waals surface area (Å²) in [5, 5.41) is 0.902. The number of aromatic amines is 1. The van der Waals surface area contributed by atoms with Crippen LogP contribution in [0, 0.1) is 0 Å². The number of hydrogen-bond acceptors (Lipinski definition) is 5. The molecule has 0 radical (unpaired) electrons. The summed E-state index contributed by atoms with van der Waals surface area (Å²) in [6.45, 7) is 2.14. The Balaban J connectivity index is 1.96. The van der Waals surface area contributed by atoms with Crippen molar-refractivity contribution in [2.75, 3.05) is 6.61 Å². The number of nitrogens with zero attached hydrogens (tertiary/aromatic N) is 2. The van der Waals surface area contributed by atoms with Gasteiger partial charge in [0.2, 0.25) is 0 Å². The number of H-pyrrole nitrogens is 1. The van der Waals surface area contributed by atoms with Crippen LogP contribution in [0.5, 0.6) is 0 Å². The maximum atomic E-state index is 11.6. The Morgan fingerprint density at radius 3 is 2.89 bits per heavy atom. The van der Waals surface area contributed by atoms with Crippen LogP contribution in [0.4, 0.5) is 0 Å². The smallest absolute Gasteiger partial charge is 0.354 e. The molecule has 0 atom stereocenters. The number of rotatable bonds is 3. The molecule has 0 aliphatic heterocycles. The van der Waals surface area contributed by atoms with E-state index in [4.69, 9.17) is 4.74 Å². The summed E-state index contributed by atoms with van der Waals surface area (Å²) >= 11 is 1.53. The van der Waals surface area contributed by atoms with Gasteiger partial charge in [-0.3, -0.25) is 4.98 Å². The number of pyridine rings is 1. The van der Waals surface area contributed by atoms with E-state index in [0.29, 0.717) is 17.9 Å². The lowest BCUT2D eigenvalue weighted by atomic mass is 10.3. The van der Waals surface area contributed by atoms with Crippen LogP contribution in [0.2, 0.25) is 0 Å². The van der Waals surface area contributed by atoms with Crippen LogP contribution in [-0.2, 0) is 4.74 Å². The molecule has 5 nitrogen and oxygen atoms in total. The van der Waals surface area contributed by atoms with Crippen molar-refractivity contribution in [3.05, 3.63) is 36.3 Å². The van der Waals surface area contributed by atoms with E-state index in [-0.39, 0.29) is 5.97 Å². The summed E-state index contributed by atoms with van der Waals surface area (Å²) in [5.74, 6) is -0.349. The normalized spacial score (nSPS) is 10.8. The molecule has 0 fully saturated rings. The fraction of sp³-hybridized carbons (Fsp3) is 0.154. The van der Waals surface area contributed by atoms with Crippen LogP contribution < -0.4 is 0 Å². The number of thiazole rings is 1. The van der Waals surface area contributed by atoms with Crippen LogP contribution in [0.25, 0.3) is 20.9 Å². The van der Waals surface area contributed by atoms with E-state index in [0.717, 1.165) is 15.3 Å². The van der Waals surface area contributed by atoms with Gasteiger partial charge in [0.05, 0.1) is 11.3 Å². The second kappa shape index (κ2) is 4.81. The molecule has 0 saturated carbocycles. The number of carbonyl (C=O) groups is 1. The maximum Gasteiger partial charge on any atom is 0.354 e. The Bertz CT molecular complexity index is 686. The third-order valence-electron chi connectivity index (χ3n) is 2.60. The van der Waals surface area contributed by atoms with E-state index in [1.165, 1.54) is 11.3 Å². The summed E-state index contributed by atoms with van der Waals surface area (Å²) in [6, 6.07) is 5.59. The number of aromatic nitrogens is 3. The summed E-state index contributed by atoms with van der Waals surface area (Å²) in [4.78, 5) is 23.0. The summed E-state index contributed by atoms with van der Waals surface area (Å²) in [6.07, 6.45) is 3.46. The van der Waals surface area contributed by atoms with Crippen molar-refractivity contribution >= 4 is 27.7 Å². The molecule has 0 aliphatic rings. The zero-order valence-corrected chi connectivity index (χ0v) is 11.0. The number of carbonyl (C=O) groups excluding carboxylic acids is 1. The third-order valence-corrected chi connectivity index (χ3v) is 3.66. The van der Waals surface area contributed by atoms with E-state index in [1.54, 1.807) is 25.4 Å². The predicted octanol–water partition coefficient (Wildman–Crippen LogP) is 2.86. The van der Waals surface area contributed by atoms with Crippen LogP contribution in [0.3, 0.4) is 0 Å². The van der Waals surface area contributed by atoms with Crippen LogP contribution in [0.15, 0.2) is 30.6 Å². The number of fused-ring (bicyclic) bond motifs is 1. The summed E-state index contributed by atoms with van der Waals surface area (Å²) in [7, 11) is 0. The van der Waals surface area contributed by atoms with Gasteiger partial charge in [0.1, 0.15) is 16.3 Å². The van der Waals surface area contributed by atoms with E-state index in [1.807, 2.05) is 12.1 Å². The molecule has 0 amide bonds. The molecule has 0 saturated heterocycles. The summed E-state index contributed by atoms with van der Waals surface area (Å²) in [5.41, 5.74) is 2.17. The van der Waals surface area contributed by atoms with Gasteiger partial charge < -0.3 is 9.72 Å². The number of ether oxygens (including phenoxy) is 1. The second-order valence-corrected chi connectivity index (χ2v) is 4.90. The van der Waals surface area contributed by atoms with Gasteiger partial charge in [-0.25, -0.2) is 9.78 Å². The van der Waals surface area contributed by atoms with Gasteiger partial charge in [0, 0.05) is 18.0 Å². The highest BCUT2D eigenvalue weighted by Gasteiger charge is 2.14. The molecule has 0 aromatic carbocycles. The van der Waals surface area contributed by atoms with E-state index < -0.39 is 0 Å². The fourth-order valence-electron chi connectivity index (χ4n) is 1.75. The van der Waals surface area contributed by atoms with Crippen LogP contribution >= 0.6 is 11.3 Å². The first-order chi connectivity index (χ1) is 9.28. The van der Waals surface area contributed by atoms with Gasteiger partial charge >= 0.3 is 5.97 Å². The Morgan fingerprint density at radius 2 is 2.21 bits per heavy atom. The van der Waals surface area contributed by atoms with Crippen molar-refractivity contribution in [3.8, 4) is 10.6 Å². The van der Waals surface area contributed by atoms with E-state index in [2.05, 4.69) is 15.0 Å². The van der Waals surface area contributed by atoms with Crippen molar-refractivity contribution in [1.82, 2.24) is 15.0 Å². The Labute approximate surface area is 113 Å².